The number of rotatable bonds is 5. The first-order valence-corrected chi connectivity index (χ1v) is 4.42. The van der Waals surface area contributed by atoms with Crippen molar-refractivity contribution in [2.75, 3.05) is 5.75 Å². The maximum absolute atomic E-state index is 3.71. The maximum atomic E-state index is 3.71. The van der Waals surface area contributed by atoms with Gasteiger partial charge >= 0.3 is 0 Å². The molecule has 0 nitrogen and oxygen atoms in total. The summed E-state index contributed by atoms with van der Waals surface area (Å²) in [6.45, 7) is 8.05. The summed E-state index contributed by atoms with van der Waals surface area (Å²) in [5.41, 5.74) is 0. The lowest BCUT2D eigenvalue weighted by Gasteiger charge is -2.02. The van der Waals surface area contributed by atoms with E-state index in [9.17, 15) is 0 Å². The molecule has 0 spiro atoms. The van der Waals surface area contributed by atoms with Crippen molar-refractivity contribution in [3.8, 4) is 0 Å². The topological polar surface area (TPSA) is 0 Å². The Labute approximate surface area is 62.7 Å². The summed E-state index contributed by atoms with van der Waals surface area (Å²) in [4.78, 5) is 0. The van der Waals surface area contributed by atoms with Gasteiger partial charge in [0.1, 0.15) is 0 Å². The molecule has 0 rings (SSSR count). The van der Waals surface area contributed by atoms with E-state index in [0.717, 1.165) is 6.42 Å². The number of hydrogen-bond acceptors (Lipinski definition) is 1. The van der Waals surface area contributed by atoms with Crippen LogP contribution in [0.15, 0.2) is 12.7 Å². The summed E-state index contributed by atoms with van der Waals surface area (Å²) < 4.78 is 0. The summed E-state index contributed by atoms with van der Waals surface area (Å²) in [7, 11) is 0. The third kappa shape index (κ3) is 5.97. The largest absolute Gasteiger partial charge is 0.157 e. The smallest absolute Gasteiger partial charge is 0.0164 e. The highest BCUT2D eigenvalue weighted by Crippen LogP contribution is 2.13. The Morgan fingerprint density at radius 1 is 1.67 bits per heavy atom. The van der Waals surface area contributed by atoms with Crippen molar-refractivity contribution in [1.29, 1.82) is 0 Å². The van der Waals surface area contributed by atoms with E-state index >= 15 is 0 Å². The summed E-state index contributed by atoms with van der Waals surface area (Å²) in [6.07, 6.45) is 3.16. The predicted molar refractivity (Wildman–Crippen MR) is 46.4 cm³/mol. The van der Waals surface area contributed by atoms with Gasteiger partial charge in [0.2, 0.25) is 0 Å². The molecular formula is C8H15S. The lowest BCUT2D eigenvalue weighted by molar-refractivity contribution is 0.850. The fourth-order valence-corrected chi connectivity index (χ4v) is 1.22. The van der Waals surface area contributed by atoms with Gasteiger partial charge in [-0.3, -0.25) is 0 Å². The van der Waals surface area contributed by atoms with E-state index in [-0.39, 0.29) is 0 Å². The molecule has 0 aromatic heterocycles. The molecule has 0 saturated carbocycles. The molecule has 0 amide bonds. The van der Waals surface area contributed by atoms with Gasteiger partial charge in [-0.05, 0) is 18.1 Å². The fourth-order valence-electron chi connectivity index (χ4n) is 0.406. The minimum Gasteiger partial charge on any atom is -0.157 e. The third-order valence-corrected chi connectivity index (χ3v) is 2.33. The van der Waals surface area contributed by atoms with Crippen molar-refractivity contribution in [3.05, 3.63) is 18.4 Å². The molecule has 0 saturated heterocycles. The van der Waals surface area contributed by atoms with Crippen LogP contribution in [0.25, 0.3) is 0 Å². The zero-order chi connectivity index (χ0) is 7.11. The summed E-state index contributed by atoms with van der Waals surface area (Å²) in [5, 5.41) is 0. The van der Waals surface area contributed by atoms with E-state index in [2.05, 4.69) is 26.2 Å². The minimum atomic E-state index is 0.651. The van der Waals surface area contributed by atoms with E-state index < -0.39 is 0 Å². The van der Waals surface area contributed by atoms with E-state index in [1.54, 1.807) is 0 Å². The first kappa shape index (κ1) is 9.09. The Hall–Kier alpha value is 0.0900. The second kappa shape index (κ2) is 6.21. The quantitative estimate of drug-likeness (QED) is 0.421. The van der Waals surface area contributed by atoms with Crippen LogP contribution in [0.4, 0.5) is 0 Å². The zero-order valence-electron chi connectivity index (χ0n) is 6.26. The molecule has 53 valence electrons. The van der Waals surface area contributed by atoms with Gasteiger partial charge in [-0.2, -0.15) is 11.8 Å². The van der Waals surface area contributed by atoms with Crippen molar-refractivity contribution in [2.45, 2.75) is 20.3 Å². The van der Waals surface area contributed by atoms with Crippen LogP contribution in [0.3, 0.4) is 0 Å². The van der Waals surface area contributed by atoms with Gasteiger partial charge in [-0.1, -0.05) is 19.9 Å². The van der Waals surface area contributed by atoms with Crippen LogP contribution in [0.1, 0.15) is 20.3 Å². The molecule has 0 aliphatic heterocycles. The van der Waals surface area contributed by atoms with Gasteiger partial charge in [0, 0.05) is 5.75 Å². The van der Waals surface area contributed by atoms with E-state index in [0.29, 0.717) is 5.92 Å². The van der Waals surface area contributed by atoms with Crippen LogP contribution in [-0.4, -0.2) is 5.75 Å². The molecule has 0 aromatic rings. The van der Waals surface area contributed by atoms with Crippen molar-refractivity contribution in [2.24, 2.45) is 5.92 Å². The maximum Gasteiger partial charge on any atom is 0.0164 e. The van der Waals surface area contributed by atoms with Crippen LogP contribution < -0.4 is 0 Å². The molecule has 1 heteroatoms. The SMILES string of the molecule is C=CC(C)CS[CH]CC. The molecule has 0 aliphatic rings. The molecule has 9 heavy (non-hydrogen) atoms. The Kier molecular flexibility index (Phi) is 6.28. The molecule has 1 unspecified atom stereocenters. The monoisotopic (exact) mass is 143 g/mol. The van der Waals surface area contributed by atoms with Crippen LogP contribution >= 0.6 is 11.8 Å². The zero-order valence-corrected chi connectivity index (χ0v) is 7.08. The number of allylic oxidation sites excluding steroid dienone is 1. The van der Waals surface area contributed by atoms with Crippen LogP contribution in [-0.2, 0) is 0 Å². The lowest BCUT2D eigenvalue weighted by Crippen LogP contribution is -1.91. The molecule has 0 aromatic carbocycles. The highest BCUT2D eigenvalue weighted by atomic mass is 32.2. The Morgan fingerprint density at radius 2 is 2.33 bits per heavy atom. The predicted octanol–water partition coefficient (Wildman–Crippen LogP) is 3.11. The molecule has 0 heterocycles. The van der Waals surface area contributed by atoms with Crippen LogP contribution in [0, 0.1) is 11.7 Å². The summed E-state index contributed by atoms with van der Waals surface area (Å²) in [5.74, 6) is 4.06. The van der Waals surface area contributed by atoms with Gasteiger partial charge in [0.15, 0.2) is 0 Å². The van der Waals surface area contributed by atoms with Gasteiger partial charge in [0.05, 0.1) is 0 Å². The van der Waals surface area contributed by atoms with Gasteiger partial charge in [-0.25, -0.2) is 0 Å². The highest BCUT2D eigenvalue weighted by Gasteiger charge is 1.93. The number of thioether (sulfide) groups is 1. The molecule has 1 radical (unpaired) electrons. The van der Waals surface area contributed by atoms with Crippen molar-refractivity contribution in [1.82, 2.24) is 0 Å². The first-order chi connectivity index (χ1) is 4.31. The van der Waals surface area contributed by atoms with Gasteiger partial charge < -0.3 is 0 Å². The molecule has 0 N–H and O–H groups in total. The van der Waals surface area contributed by atoms with Crippen LogP contribution in [0.5, 0.6) is 0 Å². The second-order valence-corrected chi connectivity index (χ2v) is 3.12. The van der Waals surface area contributed by atoms with Crippen molar-refractivity contribution in [3.63, 3.8) is 0 Å². The lowest BCUT2D eigenvalue weighted by atomic mass is 10.2. The highest BCUT2D eigenvalue weighted by molar-refractivity contribution is 8.01. The summed E-state index contributed by atoms with van der Waals surface area (Å²) >= 11 is 1.89. The molecule has 1 atom stereocenters. The van der Waals surface area contributed by atoms with Gasteiger partial charge in [0.25, 0.3) is 0 Å². The number of hydrogen-bond donors (Lipinski definition) is 0. The Morgan fingerprint density at radius 3 is 2.78 bits per heavy atom. The van der Waals surface area contributed by atoms with Gasteiger partial charge in [-0.15, -0.1) is 6.58 Å². The molecular weight excluding hydrogens is 128 g/mol. The Bertz CT molecular complexity index is 69.0. The molecule has 0 bridgehead atoms. The standard InChI is InChI=1S/C8H15S/c1-4-6-9-7-8(3)5-2/h5-6,8H,2,4,7H2,1,3H3. The Balaban J connectivity index is 2.96. The van der Waals surface area contributed by atoms with Crippen LogP contribution in [0.2, 0.25) is 0 Å². The van der Waals surface area contributed by atoms with E-state index in [4.69, 9.17) is 0 Å². The van der Waals surface area contributed by atoms with E-state index in [1.165, 1.54) is 5.75 Å². The van der Waals surface area contributed by atoms with Crippen molar-refractivity contribution < 1.29 is 0 Å². The fraction of sp³-hybridized carbons (Fsp3) is 0.625. The van der Waals surface area contributed by atoms with Crippen molar-refractivity contribution >= 4 is 11.8 Å². The first-order valence-electron chi connectivity index (χ1n) is 3.37. The average Bonchev–Trinajstić information content (AvgIpc) is 1.89. The normalized spacial score (nSPS) is 13.1. The summed E-state index contributed by atoms with van der Waals surface area (Å²) in [6, 6.07) is 0. The molecule has 0 aliphatic carbocycles. The third-order valence-electron chi connectivity index (χ3n) is 1.05. The minimum absolute atomic E-state index is 0.651. The van der Waals surface area contributed by atoms with E-state index in [1.807, 2.05) is 17.8 Å². The second-order valence-electron chi connectivity index (χ2n) is 2.12. The molecule has 0 fully saturated rings. The average molecular weight is 143 g/mol.